The molecular formula is C26H20N2O4S2. The van der Waals surface area contributed by atoms with Crippen molar-refractivity contribution in [1.29, 1.82) is 0 Å². The number of fused-ring (bicyclic) bond motifs is 3. The lowest BCUT2D eigenvalue weighted by atomic mass is 10.00. The molecule has 0 bridgehead atoms. The number of hydrogen-bond acceptors (Lipinski definition) is 7. The van der Waals surface area contributed by atoms with Crippen LogP contribution in [-0.2, 0) is 6.54 Å². The Morgan fingerprint density at radius 2 is 1.94 bits per heavy atom. The molecule has 1 aromatic heterocycles. The van der Waals surface area contributed by atoms with Gasteiger partial charge in [0.25, 0.3) is 5.91 Å². The Bertz CT molecular complexity index is 1430. The number of phenols is 1. The van der Waals surface area contributed by atoms with Crippen molar-refractivity contribution < 1.29 is 19.4 Å². The minimum absolute atomic E-state index is 0.0489. The zero-order valence-corrected chi connectivity index (χ0v) is 19.9. The fraction of sp³-hybridized carbons (Fsp3) is 0.154. The summed E-state index contributed by atoms with van der Waals surface area (Å²) in [7, 11) is 0. The number of phenolic OH excluding ortho intramolecular Hbond substituents is 1. The van der Waals surface area contributed by atoms with Crippen LogP contribution in [0.25, 0.3) is 11.1 Å². The molecule has 4 aromatic rings. The second kappa shape index (κ2) is 8.38. The highest BCUT2D eigenvalue weighted by atomic mass is 32.2. The number of nitrogens with zero attached hydrogens (tertiary/aromatic N) is 2. The lowest BCUT2D eigenvalue weighted by Gasteiger charge is -2.23. The number of para-hydroxylation sites is 2. The maximum Gasteiger partial charge on any atom is 0.273 e. The molecule has 0 spiro atoms. The van der Waals surface area contributed by atoms with E-state index in [-0.39, 0.29) is 11.7 Å². The molecule has 3 heterocycles. The molecule has 1 amide bonds. The van der Waals surface area contributed by atoms with Crippen molar-refractivity contribution in [1.82, 2.24) is 9.88 Å². The van der Waals surface area contributed by atoms with E-state index in [1.165, 1.54) is 11.3 Å². The first-order valence-corrected chi connectivity index (χ1v) is 12.5. The minimum atomic E-state index is -0.140. The number of carbonyl (C=O) groups excluding carboxylic acids is 1. The van der Waals surface area contributed by atoms with E-state index >= 15 is 0 Å². The van der Waals surface area contributed by atoms with Gasteiger partial charge >= 0.3 is 0 Å². The van der Waals surface area contributed by atoms with Crippen LogP contribution in [0, 0.1) is 6.92 Å². The average molecular weight is 489 g/mol. The first-order chi connectivity index (χ1) is 16.6. The summed E-state index contributed by atoms with van der Waals surface area (Å²) in [4.78, 5) is 21.2. The number of hydrogen-bond donors (Lipinski definition) is 1. The van der Waals surface area contributed by atoms with Crippen LogP contribution in [0.5, 0.6) is 23.0 Å². The van der Waals surface area contributed by atoms with Gasteiger partial charge in [-0.3, -0.25) is 4.79 Å². The van der Waals surface area contributed by atoms with Crippen LogP contribution in [0.15, 0.2) is 69.8 Å². The van der Waals surface area contributed by atoms with Gasteiger partial charge in [0.2, 0.25) is 0 Å². The van der Waals surface area contributed by atoms with Crippen molar-refractivity contribution in [3.8, 4) is 34.1 Å². The largest absolute Gasteiger partial charge is 0.504 e. The third-order valence-corrected chi connectivity index (χ3v) is 7.68. The van der Waals surface area contributed by atoms with Gasteiger partial charge in [-0.15, -0.1) is 11.3 Å². The maximum absolute atomic E-state index is 13.1. The molecule has 170 valence electrons. The standard InChI is InChI=1S/C26H20N2O4S2/c1-15-27-19(14-33-15)26(30)28-9-10-31-24-17(13-28)11-16(12-20(24)29)18-5-4-8-23-25(18)32-21-6-2-3-7-22(21)34-23/h2-8,11-12,14,29H,9-10,13H2,1H3. The van der Waals surface area contributed by atoms with Crippen molar-refractivity contribution in [3.05, 3.63) is 76.2 Å². The van der Waals surface area contributed by atoms with Crippen LogP contribution < -0.4 is 9.47 Å². The number of ether oxygens (including phenoxy) is 2. The van der Waals surface area contributed by atoms with E-state index in [9.17, 15) is 9.90 Å². The first kappa shape index (κ1) is 21.1. The van der Waals surface area contributed by atoms with Gasteiger partial charge in [-0.1, -0.05) is 36.0 Å². The quantitative estimate of drug-likeness (QED) is 0.323. The summed E-state index contributed by atoms with van der Waals surface area (Å²) in [6.07, 6.45) is 0. The second-order valence-electron chi connectivity index (χ2n) is 8.09. The molecule has 0 atom stereocenters. The Morgan fingerprint density at radius 1 is 1.09 bits per heavy atom. The second-order valence-corrected chi connectivity index (χ2v) is 10.2. The Kier molecular flexibility index (Phi) is 5.19. The van der Waals surface area contributed by atoms with Gasteiger partial charge in [0.1, 0.15) is 23.8 Å². The van der Waals surface area contributed by atoms with Crippen LogP contribution in [-0.4, -0.2) is 34.0 Å². The molecule has 0 aliphatic carbocycles. The predicted molar refractivity (Wildman–Crippen MR) is 131 cm³/mol. The van der Waals surface area contributed by atoms with Crippen molar-refractivity contribution >= 4 is 29.0 Å². The van der Waals surface area contributed by atoms with Crippen molar-refractivity contribution in [3.63, 3.8) is 0 Å². The van der Waals surface area contributed by atoms with Crippen LogP contribution in [0.4, 0.5) is 0 Å². The summed E-state index contributed by atoms with van der Waals surface area (Å²) in [5, 5.41) is 13.5. The van der Waals surface area contributed by atoms with Gasteiger partial charge in [-0.2, -0.15) is 0 Å². The summed E-state index contributed by atoms with van der Waals surface area (Å²) in [5.74, 6) is 1.89. The monoisotopic (exact) mass is 488 g/mol. The van der Waals surface area contributed by atoms with Gasteiger partial charge < -0.3 is 19.5 Å². The van der Waals surface area contributed by atoms with E-state index in [2.05, 4.69) is 4.98 Å². The molecule has 34 heavy (non-hydrogen) atoms. The van der Waals surface area contributed by atoms with Crippen molar-refractivity contribution in [2.75, 3.05) is 13.2 Å². The van der Waals surface area contributed by atoms with Gasteiger partial charge in [0, 0.05) is 23.1 Å². The number of aryl methyl sites for hydroxylation is 1. The summed E-state index contributed by atoms with van der Waals surface area (Å²) in [6, 6.07) is 17.6. The average Bonchev–Trinajstić information content (AvgIpc) is 3.16. The molecule has 0 fully saturated rings. The maximum atomic E-state index is 13.1. The minimum Gasteiger partial charge on any atom is -0.504 e. The first-order valence-electron chi connectivity index (χ1n) is 10.8. The highest BCUT2D eigenvalue weighted by Crippen LogP contribution is 2.51. The molecule has 2 aliphatic rings. The lowest BCUT2D eigenvalue weighted by Crippen LogP contribution is -2.32. The highest BCUT2D eigenvalue weighted by Gasteiger charge is 2.27. The smallest absolute Gasteiger partial charge is 0.273 e. The molecule has 8 heteroatoms. The lowest BCUT2D eigenvalue weighted by molar-refractivity contribution is 0.0728. The van der Waals surface area contributed by atoms with Crippen LogP contribution in [0.1, 0.15) is 21.1 Å². The molecule has 6 rings (SSSR count). The van der Waals surface area contributed by atoms with E-state index < -0.39 is 0 Å². The Hall–Kier alpha value is -3.49. The number of benzene rings is 3. The van der Waals surface area contributed by atoms with E-state index in [1.54, 1.807) is 28.1 Å². The number of aromatic hydroxyl groups is 1. The molecular weight excluding hydrogens is 468 g/mol. The number of thiazole rings is 1. The Morgan fingerprint density at radius 3 is 2.79 bits per heavy atom. The van der Waals surface area contributed by atoms with Crippen LogP contribution in [0.2, 0.25) is 0 Å². The Labute approximate surface area is 204 Å². The van der Waals surface area contributed by atoms with Gasteiger partial charge in [0.15, 0.2) is 11.5 Å². The fourth-order valence-electron chi connectivity index (χ4n) is 4.23. The zero-order chi connectivity index (χ0) is 23.2. The fourth-order valence-corrected chi connectivity index (χ4v) is 5.80. The van der Waals surface area contributed by atoms with E-state index in [1.807, 2.05) is 55.5 Å². The summed E-state index contributed by atoms with van der Waals surface area (Å²) in [6.45, 7) is 2.91. The van der Waals surface area contributed by atoms with Gasteiger partial charge in [-0.05, 0) is 42.8 Å². The molecule has 0 radical (unpaired) electrons. The molecule has 2 aliphatic heterocycles. The van der Waals surface area contributed by atoms with Crippen LogP contribution in [0.3, 0.4) is 0 Å². The SMILES string of the molecule is Cc1nc(C(=O)N2CCOc3c(O)cc(-c4cccc5c4Oc4ccccc4S5)cc3C2)cs1. The molecule has 0 saturated carbocycles. The van der Waals surface area contributed by atoms with Crippen LogP contribution >= 0.6 is 23.1 Å². The van der Waals surface area contributed by atoms with Crippen molar-refractivity contribution in [2.24, 2.45) is 0 Å². The van der Waals surface area contributed by atoms with E-state index in [4.69, 9.17) is 9.47 Å². The van der Waals surface area contributed by atoms with E-state index in [0.717, 1.165) is 43.0 Å². The zero-order valence-electron chi connectivity index (χ0n) is 18.3. The predicted octanol–water partition coefficient (Wildman–Crippen LogP) is 6.12. The topological polar surface area (TPSA) is 71.9 Å². The molecule has 6 nitrogen and oxygen atoms in total. The number of aromatic nitrogens is 1. The number of rotatable bonds is 2. The van der Waals surface area contributed by atoms with Gasteiger partial charge in [-0.25, -0.2) is 4.98 Å². The number of amides is 1. The van der Waals surface area contributed by atoms with E-state index in [0.29, 0.717) is 31.1 Å². The third-order valence-electron chi connectivity index (χ3n) is 5.81. The van der Waals surface area contributed by atoms with Gasteiger partial charge in [0.05, 0.1) is 21.3 Å². The molecule has 1 N–H and O–H groups in total. The molecule has 3 aromatic carbocycles. The molecule has 0 saturated heterocycles. The summed E-state index contributed by atoms with van der Waals surface area (Å²) in [5.41, 5.74) is 2.85. The number of carbonyl (C=O) groups is 1. The molecule has 0 unspecified atom stereocenters. The highest BCUT2D eigenvalue weighted by molar-refractivity contribution is 7.99. The Balaban J connectivity index is 1.38. The normalized spacial score (nSPS) is 14.2. The van der Waals surface area contributed by atoms with Crippen molar-refractivity contribution in [2.45, 2.75) is 23.3 Å². The summed E-state index contributed by atoms with van der Waals surface area (Å²) < 4.78 is 12.1. The third kappa shape index (κ3) is 3.69. The summed E-state index contributed by atoms with van der Waals surface area (Å²) >= 11 is 3.11.